The van der Waals surface area contributed by atoms with Crippen LogP contribution >= 0.6 is 0 Å². The molecule has 0 aromatic rings. The first kappa shape index (κ1) is 12.0. The van der Waals surface area contributed by atoms with E-state index in [0.717, 1.165) is 6.29 Å². The maximum atomic E-state index is 10.2. The fraction of sp³-hybridized carbons (Fsp3) is 0.889. The summed E-state index contributed by atoms with van der Waals surface area (Å²) in [6, 6.07) is -0.332. The average molecular weight is 213 g/mol. The van der Waals surface area contributed by atoms with Gasteiger partial charge in [-0.05, 0) is 25.8 Å². The van der Waals surface area contributed by atoms with Gasteiger partial charge in [-0.2, -0.15) is 0 Å². The second kappa shape index (κ2) is 5.11. The van der Waals surface area contributed by atoms with Gasteiger partial charge in [-0.25, -0.2) is 0 Å². The van der Waals surface area contributed by atoms with Gasteiger partial charge in [0.05, 0.1) is 18.8 Å². The van der Waals surface area contributed by atoms with Crippen LogP contribution in [-0.2, 0) is 14.3 Å². The lowest BCUT2D eigenvalue weighted by atomic mass is 10.1. The van der Waals surface area contributed by atoms with Crippen LogP contribution in [0.4, 0.5) is 0 Å². The van der Waals surface area contributed by atoms with Crippen molar-refractivity contribution in [1.29, 1.82) is 0 Å². The highest BCUT2D eigenvalue weighted by molar-refractivity contribution is 5.49. The normalized spacial score (nSPS) is 25.6. The van der Waals surface area contributed by atoms with E-state index < -0.39 is 5.79 Å². The second-order valence-corrected chi connectivity index (χ2v) is 3.88. The molecule has 0 amide bonds. The van der Waals surface area contributed by atoms with Gasteiger partial charge in [-0.3, -0.25) is 0 Å². The van der Waals surface area contributed by atoms with Crippen LogP contribution in [0.2, 0.25) is 0 Å². The zero-order valence-corrected chi connectivity index (χ0v) is 8.92. The van der Waals surface area contributed by atoms with Crippen LogP contribution in [0.15, 0.2) is 5.11 Å². The third-order valence-electron chi connectivity index (χ3n) is 2.24. The Hall–Kier alpha value is -1.10. The number of carbonyl (C=O) groups is 1. The zero-order chi connectivity index (χ0) is 11.3. The molecule has 1 aliphatic heterocycles. The lowest BCUT2D eigenvalue weighted by Crippen LogP contribution is -2.29. The van der Waals surface area contributed by atoms with E-state index in [1.165, 1.54) is 0 Å². The Morgan fingerprint density at radius 1 is 1.73 bits per heavy atom. The third-order valence-corrected chi connectivity index (χ3v) is 2.24. The molecule has 6 nitrogen and oxygen atoms in total. The Morgan fingerprint density at radius 3 is 2.93 bits per heavy atom. The molecular formula is C9H15N3O3. The van der Waals surface area contributed by atoms with Crippen LogP contribution in [0.25, 0.3) is 10.4 Å². The molecular weight excluding hydrogens is 198 g/mol. The lowest BCUT2D eigenvalue weighted by Gasteiger charge is -2.20. The van der Waals surface area contributed by atoms with Gasteiger partial charge in [0.2, 0.25) is 0 Å². The topological polar surface area (TPSA) is 84.3 Å². The van der Waals surface area contributed by atoms with Gasteiger partial charge in [0.15, 0.2) is 5.79 Å². The van der Waals surface area contributed by atoms with E-state index in [0.29, 0.717) is 19.4 Å². The molecule has 0 aliphatic carbocycles. The Bertz CT molecular complexity index is 274. The first-order valence-corrected chi connectivity index (χ1v) is 4.88. The fourth-order valence-corrected chi connectivity index (χ4v) is 1.53. The highest BCUT2D eigenvalue weighted by atomic mass is 16.7. The van der Waals surface area contributed by atoms with Gasteiger partial charge in [0.25, 0.3) is 0 Å². The Balaban J connectivity index is 2.57. The van der Waals surface area contributed by atoms with Crippen molar-refractivity contribution in [2.45, 2.75) is 44.6 Å². The third kappa shape index (κ3) is 3.51. The predicted octanol–water partition coefficient (Wildman–Crippen LogP) is 1.80. The van der Waals surface area contributed by atoms with Crippen molar-refractivity contribution in [1.82, 2.24) is 0 Å². The van der Waals surface area contributed by atoms with Crippen LogP contribution in [-0.4, -0.2) is 30.8 Å². The molecule has 1 fully saturated rings. The van der Waals surface area contributed by atoms with E-state index in [2.05, 4.69) is 10.0 Å². The smallest absolute Gasteiger partial charge is 0.163 e. The number of ether oxygens (including phenoxy) is 2. The van der Waals surface area contributed by atoms with Gasteiger partial charge in [0.1, 0.15) is 6.29 Å². The summed E-state index contributed by atoms with van der Waals surface area (Å²) in [5.74, 6) is -0.630. The van der Waals surface area contributed by atoms with Crippen molar-refractivity contribution in [3.63, 3.8) is 0 Å². The van der Waals surface area contributed by atoms with Gasteiger partial charge in [0, 0.05) is 11.3 Å². The molecule has 1 rings (SSSR count). The monoisotopic (exact) mass is 213 g/mol. The molecule has 1 saturated heterocycles. The molecule has 0 unspecified atom stereocenters. The SMILES string of the molecule is CC1(C)OC[C@H]([C@@H](CCC=O)N=[N+]=[N-])O1. The molecule has 0 aromatic heterocycles. The first-order chi connectivity index (χ1) is 7.09. The minimum atomic E-state index is -0.630. The van der Waals surface area contributed by atoms with E-state index >= 15 is 0 Å². The number of carbonyl (C=O) groups excluding carboxylic acids is 1. The summed E-state index contributed by atoms with van der Waals surface area (Å²) in [5, 5.41) is 3.63. The van der Waals surface area contributed by atoms with E-state index in [-0.39, 0.29) is 12.1 Å². The molecule has 84 valence electrons. The summed E-state index contributed by atoms with van der Waals surface area (Å²) in [4.78, 5) is 13.0. The molecule has 0 saturated carbocycles. The Morgan fingerprint density at radius 2 is 2.47 bits per heavy atom. The van der Waals surface area contributed by atoms with Gasteiger partial charge in [-0.1, -0.05) is 5.11 Å². The van der Waals surface area contributed by atoms with Crippen LogP contribution < -0.4 is 0 Å². The second-order valence-electron chi connectivity index (χ2n) is 3.88. The quantitative estimate of drug-likeness (QED) is 0.302. The zero-order valence-electron chi connectivity index (χ0n) is 8.92. The average Bonchev–Trinajstić information content (AvgIpc) is 2.53. The summed E-state index contributed by atoms with van der Waals surface area (Å²) in [5.41, 5.74) is 8.40. The molecule has 1 heterocycles. The van der Waals surface area contributed by atoms with Crippen molar-refractivity contribution in [3.05, 3.63) is 10.4 Å². The van der Waals surface area contributed by atoms with Crippen LogP contribution in [0, 0.1) is 0 Å². The van der Waals surface area contributed by atoms with E-state index in [1.54, 1.807) is 13.8 Å². The maximum Gasteiger partial charge on any atom is 0.163 e. The highest BCUT2D eigenvalue weighted by Crippen LogP contribution is 2.26. The van der Waals surface area contributed by atoms with E-state index in [4.69, 9.17) is 15.0 Å². The first-order valence-electron chi connectivity index (χ1n) is 4.88. The molecule has 0 bridgehead atoms. The molecule has 2 atom stereocenters. The molecule has 6 heteroatoms. The molecule has 0 aromatic carbocycles. The molecule has 0 radical (unpaired) electrons. The summed E-state index contributed by atoms with van der Waals surface area (Å²) in [6.07, 6.45) is 1.42. The number of rotatable bonds is 5. The van der Waals surface area contributed by atoms with Crippen LogP contribution in [0.3, 0.4) is 0 Å². The van der Waals surface area contributed by atoms with Crippen molar-refractivity contribution in [2.75, 3.05) is 6.61 Å². The van der Waals surface area contributed by atoms with Crippen LogP contribution in [0.1, 0.15) is 26.7 Å². The molecule has 15 heavy (non-hydrogen) atoms. The predicted molar refractivity (Wildman–Crippen MR) is 53.1 cm³/mol. The Labute approximate surface area is 88.2 Å². The molecule has 0 spiro atoms. The number of nitrogens with zero attached hydrogens (tertiary/aromatic N) is 3. The maximum absolute atomic E-state index is 10.2. The number of azide groups is 1. The van der Waals surface area contributed by atoms with Gasteiger partial charge < -0.3 is 14.3 Å². The van der Waals surface area contributed by atoms with Crippen molar-refractivity contribution in [2.24, 2.45) is 5.11 Å². The highest BCUT2D eigenvalue weighted by Gasteiger charge is 2.36. The van der Waals surface area contributed by atoms with E-state index in [1.807, 2.05) is 0 Å². The van der Waals surface area contributed by atoms with Crippen LogP contribution in [0.5, 0.6) is 0 Å². The largest absolute Gasteiger partial charge is 0.348 e. The standard InChI is InChI=1S/C9H15N3O3/c1-9(2)14-6-8(15-9)7(11-12-10)4-3-5-13/h5,7-8H,3-4,6H2,1-2H3/t7-,8-/m1/s1. The van der Waals surface area contributed by atoms with Gasteiger partial charge >= 0.3 is 0 Å². The lowest BCUT2D eigenvalue weighted by molar-refractivity contribution is -0.140. The minimum absolute atomic E-state index is 0.254. The fourth-order valence-electron chi connectivity index (χ4n) is 1.53. The van der Waals surface area contributed by atoms with Crippen molar-refractivity contribution in [3.8, 4) is 0 Å². The van der Waals surface area contributed by atoms with Crippen molar-refractivity contribution < 1.29 is 14.3 Å². The number of hydrogen-bond donors (Lipinski definition) is 0. The number of hydrogen-bond acceptors (Lipinski definition) is 4. The van der Waals surface area contributed by atoms with Gasteiger partial charge in [-0.15, -0.1) is 0 Å². The van der Waals surface area contributed by atoms with Crippen molar-refractivity contribution >= 4 is 6.29 Å². The minimum Gasteiger partial charge on any atom is -0.348 e. The molecule has 1 aliphatic rings. The number of aldehydes is 1. The summed E-state index contributed by atoms with van der Waals surface area (Å²) in [7, 11) is 0. The molecule has 0 N–H and O–H groups in total. The summed E-state index contributed by atoms with van der Waals surface area (Å²) in [6.45, 7) is 4.01. The summed E-state index contributed by atoms with van der Waals surface area (Å²) >= 11 is 0. The summed E-state index contributed by atoms with van der Waals surface area (Å²) < 4.78 is 10.9. The Kier molecular flexibility index (Phi) is 4.08. The van der Waals surface area contributed by atoms with E-state index in [9.17, 15) is 4.79 Å².